The lowest BCUT2D eigenvalue weighted by Gasteiger charge is -2.10. The van der Waals surface area contributed by atoms with Crippen LogP contribution in [0.3, 0.4) is 0 Å². The van der Waals surface area contributed by atoms with Crippen LogP contribution in [0.25, 0.3) is 5.70 Å². The van der Waals surface area contributed by atoms with Gasteiger partial charge in [-0.25, -0.2) is 9.78 Å². The number of benzene rings is 1. The van der Waals surface area contributed by atoms with Crippen molar-refractivity contribution in [2.75, 3.05) is 24.7 Å². The van der Waals surface area contributed by atoms with Crippen molar-refractivity contribution in [3.8, 4) is 5.75 Å². The van der Waals surface area contributed by atoms with E-state index in [1.807, 2.05) is 4.98 Å². The molecule has 0 saturated heterocycles. The van der Waals surface area contributed by atoms with Crippen LogP contribution >= 0.6 is 0 Å². The van der Waals surface area contributed by atoms with Crippen molar-refractivity contribution in [2.24, 2.45) is 5.73 Å². The summed E-state index contributed by atoms with van der Waals surface area (Å²) in [7, 11) is 1.71. The number of hydrogen-bond donors (Lipinski definition) is 4. The molecule has 0 radical (unpaired) electrons. The summed E-state index contributed by atoms with van der Waals surface area (Å²) in [6.07, 6.45) is -0.791. The first kappa shape index (κ1) is 23.4. The number of aromatic amines is 1. The zero-order valence-electron chi connectivity index (χ0n) is 16.8. The van der Waals surface area contributed by atoms with Crippen LogP contribution in [0.15, 0.2) is 48.8 Å². The Hall–Kier alpha value is -3.89. The summed E-state index contributed by atoms with van der Waals surface area (Å²) in [4.78, 5) is 17.6. The molecule has 31 heavy (non-hydrogen) atoms. The molecule has 0 aliphatic carbocycles. The van der Waals surface area contributed by atoms with Crippen molar-refractivity contribution < 1.29 is 27.4 Å². The molecule has 0 aliphatic heterocycles. The smallest absolute Gasteiger partial charge is 0.433 e. The van der Waals surface area contributed by atoms with Crippen LogP contribution in [0, 0.1) is 0 Å². The van der Waals surface area contributed by atoms with E-state index in [9.17, 15) is 18.0 Å². The standard InChI is InChI=1S/C20H22F3N5O3/c1-4-6-11(31-12-7-8-15(26-3)13(24)9-12)10-14(25)18-27-16(19(29)30-5-2)17(28-18)20(21,22)23/h4,6-10,26H,1,5,24-25H2,2-3H3,(H,27,28)/b11-6+,14-10-. The molecule has 6 N–H and O–H groups in total. The molecule has 8 nitrogen and oxygen atoms in total. The minimum atomic E-state index is -4.86. The SMILES string of the molecule is C=C/C=C(\C=C(/N)c1nc(C(=O)OCC)c(C(F)(F)F)[nH]1)Oc1ccc(NC)c(N)c1. The average Bonchev–Trinajstić information content (AvgIpc) is 3.15. The number of nitrogen functional groups attached to an aromatic ring is 1. The Morgan fingerprint density at radius 2 is 2.10 bits per heavy atom. The predicted molar refractivity (Wildman–Crippen MR) is 111 cm³/mol. The number of hydrogen-bond acceptors (Lipinski definition) is 7. The van der Waals surface area contributed by atoms with Gasteiger partial charge in [-0.15, -0.1) is 0 Å². The molecule has 0 aliphatic rings. The number of imidazole rings is 1. The Morgan fingerprint density at radius 1 is 1.39 bits per heavy atom. The van der Waals surface area contributed by atoms with Crippen LogP contribution in [0.2, 0.25) is 0 Å². The number of aromatic nitrogens is 2. The van der Waals surface area contributed by atoms with Crippen LogP contribution in [0.4, 0.5) is 24.5 Å². The van der Waals surface area contributed by atoms with E-state index in [-0.39, 0.29) is 23.9 Å². The van der Waals surface area contributed by atoms with E-state index in [1.165, 1.54) is 25.2 Å². The number of halogens is 3. The van der Waals surface area contributed by atoms with E-state index < -0.39 is 23.5 Å². The lowest BCUT2D eigenvalue weighted by molar-refractivity contribution is -0.141. The minimum Gasteiger partial charge on any atom is -0.461 e. The molecule has 0 amide bonds. The zero-order chi connectivity index (χ0) is 23.2. The number of anilines is 2. The highest BCUT2D eigenvalue weighted by molar-refractivity contribution is 5.89. The van der Waals surface area contributed by atoms with Crippen molar-refractivity contribution in [2.45, 2.75) is 13.1 Å². The number of nitrogens with zero attached hydrogens (tertiary/aromatic N) is 1. The molecule has 0 fully saturated rings. The Balaban J connectivity index is 2.40. The first-order chi connectivity index (χ1) is 14.6. The molecule has 1 aromatic carbocycles. The van der Waals surface area contributed by atoms with Gasteiger partial charge in [0, 0.05) is 19.2 Å². The summed E-state index contributed by atoms with van der Waals surface area (Å²) in [5, 5.41) is 2.91. The van der Waals surface area contributed by atoms with Crippen molar-refractivity contribution in [1.29, 1.82) is 0 Å². The Kier molecular flexibility index (Phi) is 7.35. The molecule has 166 valence electrons. The number of H-pyrrole nitrogens is 1. The van der Waals surface area contributed by atoms with Gasteiger partial charge in [0.15, 0.2) is 17.2 Å². The molecule has 0 unspecified atom stereocenters. The molecule has 2 aromatic rings. The number of nitrogens with one attached hydrogen (secondary N) is 2. The van der Waals surface area contributed by atoms with Gasteiger partial charge < -0.3 is 31.2 Å². The van der Waals surface area contributed by atoms with E-state index in [4.69, 9.17) is 16.2 Å². The second kappa shape index (κ2) is 9.74. The van der Waals surface area contributed by atoms with Crippen LogP contribution in [0.1, 0.15) is 28.9 Å². The molecule has 0 spiro atoms. The number of ether oxygens (including phenoxy) is 2. The summed E-state index contributed by atoms with van der Waals surface area (Å²) >= 11 is 0. The molecule has 0 saturated carbocycles. The van der Waals surface area contributed by atoms with Gasteiger partial charge in [0.2, 0.25) is 0 Å². The van der Waals surface area contributed by atoms with Gasteiger partial charge in [0.05, 0.1) is 23.7 Å². The summed E-state index contributed by atoms with van der Waals surface area (Å²) in [5.74, 6) is -1.09. The van der Waals surface area contributed by atoms with Crippen LogP contribution in [-0.2, 0) is 10.9 Å². The van der Waals surface area contributed by atoms with Gasteiger partial charge in [-0.3, -0.25) is 0 Å². The third-order valence-corrected chi connectivity index (χ3v) is 3.84. The molecule has 11 heteroatoms. The lowest BCUT2D eigenvalue weighted by Crippen LogP contribution is -2.15. The topological polar surface area (TPSA) is 128 Å². The monoisotopic (exact) mass is 437 g/mol. The largest absolute Gasteiger partial charge is 0.461 e. The maximum Gasteiger partial charge on any atom is 0.433 e. The fourth-order valence-electron chi connectivity index (χ4n) is 2.48. The summed E-state index contributed by atoms with van der Waals surface area (Å²) < 4.78 is 50.2. The number of allylic oxidation sites excluding steroid dienone is 3. The summed E-state index contributed by atoms with van der Waals surface area (Å²) in [6, 6.07) is 4.88. The quantitative estimate of drug-likeness (QED) is 0.215. The van der Waals surface area contributed by atoms with Crippen molar-refractivity contribution in [3.63, 3.8) is 0 Å². The molecule has 0 atom stereocenters. The van der Waals surface area contributed by atoms with E-state index in [0.29, 0.717) is 17.1 Å². The molecule has 0 bridgehead atoms. The summed E-state index contributed by atoms with van der Waals surface area (Å²) in [6.45, 7) is 4.92. The summed E-state index contributed by atoms with van der Waals surface area (Å²) in [5.41, 5.74) is 10.4. The highest BCUT2D eigenvalue weighted by Gasteiger charge is 2.39. The number of alkyl halides is 3. The number of nitrogens with two attached hydrogens (primary N) is 2. The molecular weight excluding hydrogens is 415 g/mol. The maximum atomic E-state index is 13.3. The maximum absolute atomic E-state index is 13.3. The molecule has 1 aromatic heterocycles. The molecule has 2 rings (SSSR count). The van der Waals surface area contributed by atoms with Gasteiger partial charge >= 0.3 is 12.1 Å². The molecule has 1 heterocycles. The number of esters is 1. The normalized spacial score (nSPS) is 12.4. The van der Waals surface area contributed by atoms with Crippen LogP contribution in [0.5, 0.6) is 5.75 Å². The van der Waals surface area contributed by atoms with Crippen LogP contribution in [-0.4, -0.2) is 29.6 Å². The van der Waals surface area contributed by atoms with Gasteiger partial charge in [-0.05, 0) is 25.1 Å². The number of carbonyl (C=O) groups excluding carboxylic acids is 1. The first-order valence-corrected chi connectivity index (χ1v) is 9.00. The van der Waals surface area contributed by atoms with Gasteiger partial charge in [0.1, 0.15) is 11.5 Å². The van der Waals surface area contributed by atoms with Crippen molar-refractivity contribution >= 4 is 23.0 Å². The second-order valence-corrected chi connectivity index (χ2v) is 6.03. The fourth-order valence-corrected chi connectivity index (χ4v) is 2.48. The Morgan fingerprint density at radius 3 is 2.65 bits per heavy atom. The second-order valence-electron chi connectivity index (χ2n) is 6.03. The van der Waals surface area contributed by atoms with E-state index in [0.717, 1.165) is 0 Å². The number of rotatable bonds is 8. The highest BCUT2D eigenvalue weighted by atomic mass is 19.4. The Labute approximate surface area is 176 Å². The zero-order valence-corrected chi connectivity index (χ0v) is 16.8. The van der Waals surface area contributed by atoms with Gasteiger partial charge in [-0.1, -0.05) is 12.7 Å². The van der Waals surface area contributed by atoms with E-state index in [2.05, 4.69) is 21.6 Å². The van der Waals surface area contributed by atoms with Gasteiger partial charge in [0.25, 0.3) is 0 Å². The first-order valence-electron chi connectivity index (χ1n) is 9.00. The number of carbonyl (C=O) groups is 1. The highest BCUT2D eigenvalue weighted by Crippen LogP contribution is 2.32. The molecular formula is C20H22F3N5O3. The third-order valence-electron chi connectivity index (χ3n) is 3.84. The lowest BCUT2D eigenvalue weighted by atomic mass is 10.2. The van der Waals surface area contributed by atoms with Crippen LogP contribution < -0.4 is 21.5 Å². The van der Waals surface area contributed by atoms with Crippen molar-refractivity contribution in [1.82, 2.24) is 9.97 Å². The minimum absolute atomic E-state index is 0.112. The fraction of sp³-hybridized carbons (Fsp3) is 0.200. The third kappa shape index (κ3) is 5.81. The van der Waals surface area contributed by atoms with E-state index in [1.54, 1.807) is 25.2 Å². The van der Waals surface area contributed by atoms with Crippen molar-refractivity contribution in [3.05, 3.63) is 66.0 Å². The van der Waals surface area contributed by atoms with E-state index >= 15 is 0 Å². The predicted octanol–water partition coefficient (Wildman–Crippen LogP) is 3.68. The Bertz CT molecular complexity index is 1030. The van der Waals surface area contributed by atoms with Gasteiger partial charge in [-0.2, -0.15) is 13.2 Å². The average molecular weight is 437 g/mol.